The number of hydrogen-bond donors (Lipinski definition) is 1. The molecule has 0 saturated carbocycles. The minimum absolute atomic E-state index is 0.761. The lowest BCUT2D eigenvalue weighted by atomic mass is 10.2. The van der Waals surface area contributed by atoms with Crippen LogP contribution >= 0.6 is 15.9 Å². The zero-order chi connectivity index (χ0) is 12.1. The van der Waals surface area contributed by atoms with Crippen LogP contribution in [0.15, 0.2) is 34.9 Å². The van der Waals surface area contributed by atoms with E-state index in [2.05, 4.69) is 36.4 Å². The van der Waals surface area contributed by atoms with Crippen LogP contribution in [0.2, 0.25) is 0 Å². The molecule has 1 aromatic heterocycles. The van der Waals surface area contributed by atoms with Gasteiger partial charge in [0.2, 0.25) is 0 Å². The molecule has 1 N–H and O–H groups in total. The third kappa shape index (κ3) is 3.31. The predicted molar refractivity (Wildman–Crippen MR) is 70.6 cm³/mol. The Balaban J connectivity index is 2.26. The Morgan fingerprint density at radius 3 is 3.00 bits per heavy atom. The topological polar surface area (TPSA) is 50.7 Å². The molecule has 0 radical (unpaired) electrons. The molecule has 0 bridgehead atoms. The minimum atomic E-state index is 0.761. The summed E-state index contributed by atoms with van der Waals surface area (Å²) in [6.07, 6.45) is 2.47. The lowest BCUT2D eigenvalue weighted by Crippen LogP contribution is -2.12. The van der Waals surface area contributed by atoms with E-state index < -0.39 is 0 Å². The van der Waals surface area contributed by atoms with Crippen molar-refractivity contribution in [2.45, 2.75) is 6.42 Å². The van der Waals surface area contributed by atoms with Gasteiger partial charge in [-0.05, 0) is 19.2 Å². The van der Waals surface area contributed by atoms with Gasteiger partial charge in [-0.25, -0.2) is 4.98 Å². The van der Waals surface area contributed by atoms with Gasteiger partial charge in [-0.1, -0.05) is 28.1 Å². The molecular weight excluding hydrogens is 280 g/mol. The van der Waals surface area contributed by atoms with Crippen LogP contribution in [0.4, 0.5) is 0 Å². The first-order valence-corrected chi connectivity index (χ1v) is 6.18. The van der Waals surface area contributed by atoms with E-state index in [0.717, 1.165) is 34.5 Å². The minimum Gasteiger partial charge on any atom is -0.319 e. The smallest absolute Gasteiger partial charge is 0.152 e. The highest BCUT2D eigenvalue weighted by Crippen LogP contribution is 2.20. The molecule has 0 aliphatic carbocycles. The molecule has 0 fully saturated rings. The molecule has 5 heteroatoms. The van der Waals surface area contributed by atoms with Gasteiger partial charge >= 0.3 is 0 Å². The zero-order valence-corrected chi connectivity index (χ0v) is 11.1. The molecule has 0 amide bonds. The summed E-state index contributed by atoms with van der Waals surface area (Å²) in [4.78, 5) is 4.49. The van der Waals surface area contributed by atoms with Gasteiger partial charge in [-0.3, -0.25) is 0 Å². The first-order chi connectivity index (χ1) is 8.29. The third-order valence-electron chi connectivity index (χ3n) is 2.32. The summed E-state index contributed by atoms with van der Waals surface area (Å²) in [6.45, 7) is 0.851. The quantitative estimate of drug-likeness (QED) is 0.937. The number of aromatic nitrogens is 3. The number of halogens is 1. The van der Waals surface area contributed by atoms with E-state index in [-0.39, 0.29) is 0 Å². The van der Waals surface area contributed by atoms with Crippen molar-refractivity contribution in [3.63, 3.8) is 0 Å². The van der Waals surface area contributed by atoms with Gasteiger partial charge in [0, 0.05) is 23.0 Å². The van der Waals surface area contributed by atoms with E-state index in [9.17, 15) is 0 Å². The second-order valence-electron chi connectivity index (χ2n) is 3.62. The average molecular weight is 293 g/mol. The molecule has 0 aliphatic rings. The Morgan fingerprint density at radius 2 is 2.24 bits per heavy atom. The van der Waals surface area contributed by atoms with Crippen molar-refractivity contribution in [2.75, 3.05) is 13.6 Å². The van der Waals surface area contributed by atoms with Crippen molar-refractivity contribution >= 4 is 15.9 Å². The van der Waals surface area contributed by atoms with Crippen LogP contribution in [0.5, 0.6) is 0 Å². The number of benzene rings is 1. The third-order valence-corrected chi connectivity index (χ3v) is 2.81. The highest BCUT2D eigenvalue weighted by molar-refractivity contribution is 9.10. The van der Waals surface area contributed by atoms with Crippen LogP contribution in [-0.4, -0.2) is 28.8 Å². The molecule has 0 saturated heterocycles. The molecule has 88 valence electrons. The molecule has 1 aromatic carbocycles. The van der Waals surface area contributed by atoms with Gasteiger partial charge in [0.05, 0.1) is 11.9 Å². The van der Waals surface area contributed by atoms with Crippen LogP contribution < -0.4 is 5.32 Å². The van der Waals surface area contributed by atoms with Gasteiger partial charge in [0.25, 0.3) is 0 Å². The van der Waals surface area contributed by atoms with Crippen LogP contribution in [0.1, 0.15) is 5.82 Å². The predicted octanol–water partition coefficient (Wildman–Crippen LogP) is 2.06. The van der Waals surface area contributed by atoms with E-state index in [1.54, 1.807) is 6.20 Å². The van der Waals surface area contributed by atoms with Crippen molar-refractivity contribution in [3.05, 3.63) is 40.8 Å². The maximum absolute atomic E-state index is 4.49. The first kappa shape index (κ1) is 12.1. The Hall–Kier alpha value is -1.33. The summed E-state index contributed by atoms with van der Waals surface area (Å²) in [5.41, 5.74) is 1.90. The SMILES string of the molecule is CNCCc1nncc(-c2cccc(Br)c2)n1. The Morgan fingerprint density at radius 1 is 1.35 bits per heavy atom. The van der Waals surface area contributed by atoms with Crippen molar-refractivity contribution in [1.29, 1.82) is 0 Å². The molecule has 1 heterocycles. The standard InChI is InChI=1S/C12H13BrN4/c1-14-6-5-12-16-11(8-15-17-12)9-3-2-4-10(13)7-9/h2-4,7-8,14H,5-6H2,1H3. The van der Waals surface area contributed by atoms with Gasteiger partial charge < -0.3 is 5.32 Å². The van der Waals surface area contributed by atoms with E-state index >= 15 is 0 Å². The molecule has 4 nitrogen and oxygen atoms in total. The number of nitrogens with zero attached hydrogens (tertiary/aromatic N) is 3. The summed E-state index contributed by atoms with van der Waals surface area (Å²) >= 11 is 3.45. The van der Waals surface area contributed by atoms with Gasteiger partial charge in [0.1, 0.15) is 0 Å². The summed E-state index contributed by atoms with van der Waals surface area (Å²) in [7, 11) is 1.91. The highest BCUT2D eigenvalue weighted by Gasteiger charge is 2.03. The van der Waals surface area contributed by atoms with Gasteiger partial charge in [-0.2, -0.15) is 5.10 Å². The van der Waals surface area contributed by atoms with Crippen molar-refractivity contribution in [3.8, 4) is 11.3 Å². The lowest BCUT2D eigenvalue weighted by molar-refractivity contribution is 0.735. The number of nitrogens with one attached hydrogen (secondary N) is 1. The fourth-order valence-electron chi connectivity index (χ4n) is 1.47. The molecule has 0 unspecified atom stereocenters. The highest BCUT2D eigenvalue weighted by atomic mass is 79.9. The van der Waals surface area contributed by atoms with E-state index in [1.165, 1.54) is 0 Å². The normalized spacial score (nSPS) is 10.5. The van der Waals surface area contributed by atoms with E-state index in [0.29, 0.717) is 0 Å². The fourth-order valence-corrected chi connectivity index (χ4v) is 1.87. The Bertz CT molecular complexity index is 501. The zero-order valence-electron chi connectivity index (χ0n) is 9.52. The maximum Gasteiger partial charge on any atom is 0.152 e. The largest absolute Gasteiger partial charge is 0.319 e. The molecular formula is C12H13BrN4. The molecule has 2 aromatic rings. The van der Waals surface area contributed by atoms with Gasteiger partial charge in [0.15, 0.2) is 5.82 Å². The van der Waals surface area contributed by atoms with Crippen LogP contribution in [0.25, 0.3) is 11.3 Å². The summed E-state index contributed by atoms with van der Waals surface area (Å²) < 4.78 is 1.03. The maximum atomic E-state index is 4.49. The Kier molecular flexibility index (Phi) is 4.17. The van der Waals surface area contributed by atoms with Crippen molar-refractivity contribution in [1.82, 2.24) is 20.5 Å². The van der Waals surface area contributed by atoms with Crippen molar-refractivity contribution < 1.29 is 0 Å². The van der Waals surface area contributed by atoms with Crippen LogP contribution in [0.3, 0.4) is 0 Å². The summed E-state index contributed by atoms with van der Waals surface area (Å²) in [6, 6.07) is 8.00. The van der Waals surface area contributed by atoms with Crippen molar-refractivity contribution in [2.24, 2.45) is 0 Å². The summed E-state index contributed by atoms with van der Waals surface area (Å²) in [5.74, 6) is 0.761. The Labute approximate surface area is 109 Å². The lowest BCUT2D eigenvalue weighted by Gasteiger charge is -2.03. The second kappa shape index (κ2) is 5.84. The number of rotatable bonds is 4. The fraction of sp³-hybridized carbons (Fsp3) is 0.250. The van der Waals surface area contributed by atoms with Gasteiger partial charge in [-0.15, -0.1) is 5.10 Å². The average Bonchev–Trinajstić information content (AvgIpc) is 2.37. The van der Waals surface area contributed by atoms with E-state index in [4.69, 9.17) is 0 Å². The second-order valence-corrected chi connectivity index (χ2v) is 4.54. The molecule has 0 atom stereocenters. The van der Waals surface area contributed by atoms with Crippen LogP contribution in [0, 0.1) is 0 Å². The summed E-state index contributed by atoms with van der Waals surface area (Å²) in [5, 5.41) is 11.1. The molecule has 17 heavy (non-hydrogen) atoms. The number of hydrogen-bond acceptors (Lipinski definition) is 4. The van der Waals surface area contributed by atoms with Crippen LogP contribution in [-0.2, 0) is 6.42 Å². The number of likely N-dealkylation sites (N-methyl/N-ethyl adjacent to an activating group) is 1. The molecule has 2 rings (SSSR count). The monoisotopic (exact) mass is 292 g/mol. The first-order valence-electron chi connectivity index (χ1n) is 5.39. The molecule has 0 aliphatic heterocycles. The van der Waals surface area contributed by atoms with E-state index in [1.807, 2.05) is 31.3 Å². The molecule has 0 spiro atoms.